The summed E-state index contributed by atoms with van der Waals surface area (Å²) in [5, 5.41) is 4.39. The number of nitrogens with zero attached hydrogens (tertiary/aromatic N) is 2. The molecule has 0 saturated carbocycles. The van der Waals surface area contributed by atoms with E-state index in [2.05, 4.69) is 11.2 Å². The number of anilines is 1. The SMILES string of the molecule is Nc1ccccc1Cc1ccnn1-c1ccccc1. The zero-order valence-corrected chi connectivity index (χ0v) is 10.5. The normalized spacial score (nSPS) is 10.5. The molecule has 1 aromatic heterocycles. The summed E-state index contributed by atoms with van der Waals surface area (Å²) in [5.41, 5.74) is 10.1. The van der Waals surface area contributed by atoms with E-state index in [9.17, 15) is 0 Å². The van der Waals surface area contributed by atoms with E-state index in [1.807, 2.05) is 65.5 Å². The number of hydrogen-bond acceptors (Lipinski definition) is 2. The quantitative estimate of drug-likeness (QED) is 0.725. The Bertz CT molecular complexity index is 671. The molecule has 94 valence electrons. The molecule has 0 unspecified atom stereocenters. The maximum atomic E-state index is 6.00. The van der Waals surface area contributed by atoms with Crippen molar-refractivity contribution in [3.05, 3.63) is 78.1 Å². The van der Waals surface area contributed by atoms with Gasteiger partial charge in [-0.1, -0.05) is 36.4 Å². The van der Waals surface area contributed by atoms with Crippen molar-refractivity contribution in [1.82, 2.24) is 9.78 Å². The number of aromatic nitrogens is 2. The molecule has 19 heavy (non-hydrogen) atoms. The van der Waals surface area contributed by atoms with Crippen LogP contribution in [-0.2, 0) is 6.42 Å². The minimum absolute atomic E-state index is 0.779. The molecule has 3 rings (SSSR count). The third kappa shape index (κ3) is 2.36. The van der Waals surface area contributed by atoms with Crippen LogP contribution in [0.4, 0.5) is 5.69 Å². The van der Waals surface area contributed by atoms with Gasteiger partial charge >= 0.3 is 0 Å². The van der Waals surface area contributed by atoms with E-state index in [-0.39, 0.29) is 0 Å². The minimum Gasteiger partial charge on any atom is -0.398 e. The van der Waals surface area contributed by atoms with Gasteiger partial charge in [-0.15, -0.1) is 0 Å². The second-order valence-corrected chi connectivity index (χ2v) is 4.45. The van der Waals surface area contributed by atoms with Gasteiger partial charge in [-0.25, -0.2) is 4.68 Å². The fraction of sp³-hybridized carbons (Fsp3) is 0.0625. The summed E-state index contributed by atoms with van der Waals surface area (Å²) in [6, 6.07) is 20.1. The highest BCUT2D eigenvalue weighted by Gasteiger charge is 2.07. The fourth-order valence-corrected chi connectivity index (χ4v) is 2.16. The lowest BCUT2D eigenvalue weighted by Crippen LogP contribution is -2.04. The third-order valence-corrected chi connectivity index (χ3v) is 3.15. The molecule has 3 heteroatoms. The average Bonchev–Trinajstić information content (AvgIpc) is 2.91. The van der Waals surface area contributed by atoms with Gasteiger partial charge in [0.1, 0.15) is 0 Å². The highest BCUT2D eigenvalue weighted by atomic mass is 15.3. The van der Waals surface area contributed by atoms with Crippen molar-refractivity contribution in [3.8, 4) is 5.69 Å². The van der Waals surface area contributed by atoms with E-state index < -0.39 is 0 Å². The lowest BCUT2D eigenvalue weighted by molar-refractivity contribution is 0.824. The van der Waals surface area contributed by atoms with E-state index in [4.69, 9.17) is 5.73 Å². The van der Waals surface area contributed by atoms with Crippen molar-refractivity contribution in [2.75, 3.05) is 5.73 Å². The largest absolute Gasteiger partial charge is 0.398 e. The summed E-state index contributed by atoms with van der Waals surface area (Å²) in [6.45, 7) is 0. The lowest BCUT2D eigenvalue weighted by atomic mass is 10.1. The second-order valence-electron chi connectivity index (χ2n) is 4.45. The third-order valence-electron chi connectivity index (χ3n) is 3.15. The van der Waals surface area contributed by atoms with Gasteiger partial charge in [0.25, 0.3) is 0 Å². The molecule has 0 radical (unpaired) electrons. The molecule has 0 amide bonds. The Balaban J connectivity index is 1.96. The zero-order valence-electron chi connectivity index (χ0n) is 10.5. The van der Waals surface area contributed by atoms with Crippen molar-refractivity contribution in [3.63, 3.8) is 0 Å². The van der Waals surface area contributed by atoms with Crippen LogP contribution in [0.1, 0.15) is 11.3 Å². The molecule has 0 saturated heterocycles. The summed E-state index contributed by atoms with van der Waals surface area (Å²) in [5.74, 6) is 0. The number of benzene rings is 2. The minimum atomic E-state index is 0.779. The Kier molecular flexibility index (Phi) is 3.02. The van der Waals surface area contributed by atoms with Crippen LogP contribution in [0.5, 0.6) is 0 Å². The van der Waals surface area contributed by atoms with Crippen molar-refractivity contribution in [2.24, 2.45) is 0 Å². The molecule has 1 heterocycles. The van der Waals surface area contributed by atoms with Gasteiger partial charge in [0.15, 0.2) is 0 Å². The molecule has 3 nitrogen and oxygen atoms in total. The van der Waals surface area contributed by atoms with Crippen LogP contribution in [-0.4, -0.2) is 9.78 Å². The van der Waals surface area contributed by atoms with Crippen molar-refractivity contribution in [1.29, 1.82) is 0 Å². The van der Waals surface area contributed by atoms with Crippen LogP contribution in [0.2, 0.25) is 0 Å². The standard InChI is InChI=1S/C16H15N3/c17-16-9-5-4-6-13(16)12-15-10-11-18-19(15)14-7-2-1-3-8-14/h1-11H,12,17H2. The van der Waals surface area contributed by atoms with Crippen LogP contribution in [0, 0.1) is 0 Å². The number of nitrogens with two attached hydrogens (primary N) is 1. The van der Waals surface area contributed by atoms with Crippen molar-refractivity contribution < 1.29 is 0 Å². The van der Waals surface area contributed by atoms with E-state index in [1.165, 1.54) is 0 Å². The second kappa shape index (κ2) is 4.98. The van der Waals surface area contributed by atoms with Gasteiger partial charge in [-0.3, -0.25) is 0 Å². The number of nitrogen functional groups attached to an aromatic ring is 1. The van der Waals surface area contributed by atoms with Gasteiger partial charge in [-0.2, -0.15) is 5.10 Å². The molecule has 2 aromatic carbocycles. The van der Waals surface area contributed by atoms with Gasteiger partial charge < -0.3 is 5.73 Å². The molecule has 0 bridgehead atoms. The smallest absolute Gasteiger partial charge is 0.0648 e. The van der Waals surface area contributed by atoms with Gasteiger partial charge in [0.05, 0.1) is 5.69 Å². The molecular weight excluding hydrogens is 234 g/mol. The molecule has 0 spiro atoms. The summed E-state index contributed by atoms with van der Waals surface area (Å²) in [6.07, 6.45) is 2.60. The fourth-order valence-electron chi connectivity index (χ4n) is 2.16. The Labute approximate surface area is 112 Å². The highest BCUT2D eigenvalue weighted by Crippen LogP contribution is 2.18. The van der Waals surface area contributed by atoms with E-state index in [0.29, 0.717) is 0 Å². The first-order valence-corrected chi connectivity index (χ1v) is 6.26. The maximum Gasteiger partial charge on any atom is 0.0648 e. The molecular formula is C16H15N3. The number of rotatable bonds is 3. The molecule has 0 aliphatic rings. The molecule has 2 N–H and O–H groups in total. The Morgan fingerprint density at radius 2 is 1.63 bits per heavy atom. The molecule has 0 aliphatic heterocycles. The predicted octanol–water partition coefficient (Wildman–Crippen LogP) is 3.05. The monoisotopic (exact) mass is 249 g/mol. The Morgan fingerprint density at radius 1 is 0.895 bits per heavy atom. The Hall–Kier alpha value is -2.55. The summed E-state index contributed by atoms with van der Waals surface area (Å²) in [4.78, 5) is 0. The Morgan fingerprint density at radius 3 is 2.42 bits per heavy atom. The van der Waals surface area contributed by atoms with Gasteiger partial charge in [0, 0.05) is 24.0 Å². The van der Waals surface area contributed by atoms with Crippen LogP contribution in [0.25, 0.3) is 5.69 Å². The maximum absolute atomic E-state index is 6.00. The topological polar surface area (TPSA) is 43.8 Å². The average molecular weight is 249 g/mol. The summed E-state index contributed by atoms with van der Waals surface area (Å²) < 4.78 is 1.95. The van der Waals surface area contributed by atoms with Crippen LogP contribution >= 0.6 is 0 Å². The first-order valence-electron chi connectivity index (χ1n) is 6.26. The lowest BCUT2D eigenvalue weighted by Gasteiger charge is -2.09. The highest BCUT2D eigenvalue weighted by molar-refractivity contribution is 5.48. The summed E-state index contributed by atoms with van der Waals surface area (Å²) in [7, 11) is 0. The first kappa shape index (κ1) is 11.5. The predicted molar refractivity (Wildman–Crippen MR) is 77.2 cm³/mol. The number of para-hydroxylation sites is 2. The van der Waals surface area contributed by atoms with Gasteiger partial charge in [0.2, 0.25) is 0 Å². The van der Waals surface area contributed by atoms with Crippen LogP contribution in [0.15, 0.2) is 66.9 Å². The van der Waals surface area contributed by atoms with E-state index in [1.54, 1.807) is 0 Å². The van der Waals surface area contributed by atoms with Crippen molar-refractivity contribution >= 4 is 5.69 Å². The molecule has 0 fully saturated rings. The van der Waals surface area contributed by atoms with E-state index in [0.717, 1.165) is 29.1 Å². The van der Waals surface area contributed by atoms with Crippen molar-refractivity contribution in [2.45, 2.75) is 6.42 Å². The number of hydrogen-bond donors (Lipinski definition) is 1. The zero-order chi connectivity index (χ0) is 13.1. The molecule has 0 atom stereocenters. The van der Waals surface area contributed by atoms with Gasteiger partial charge in [-0.05, 0) is 29.8 Å². The summed E-state index contributed by atoms with van der Waals surface area (Å²) >= 11 is 0. The first-order chi connectivity index (χ1) is 9.34. The van der Waals surface area contributed by atoms with Crippen LogP contribution < -0.4 is 5.73 Å². The van der Waals surface area contributed by atoms with E-state index >= 15 is 0 Å². The van der Waals surface area contributed by atoms with Crippen LogP contribution in [0.3, 0.4) is 0 Å². The molecule has 0 aliphatic carbocycles. The molecule has 3 aromatic rings.